The maximum absolute atomic E-state index is 13.0. The molecular formula is C20H22N3O5+. The molecular weight excluding hydrogens is 362 g/mol. The third-order valence-corrected chi connectivity index (χ3v) is 5.39. The minimum atomic E-state index is -0.432. The summed E-state index contributed by atoms with van der Waals surface area (Å²) in [6.07, 6.45) is 1.64. The van der Waals surface area contributed by atoms with Gasteiger partial charge in [0.2, 0.25) is 5.91 Å². The molecule has 28 heavy (non-hydrogen) atoms. The highest BCUT2D eigenvalue weighted by Gasteiger charge is 2.47. The number of quaternary nitrogens is 1. The van der Waals surface area contributed by atoms with Gasteiger partial charge in [0.15, 0.2) is 11.8 Å². The van der Waals surface area contributed by atoms with Crippen LogP contribution in [0.15, 0.2) is 47.1 Å². The topological polar surface area (TPSA) is 84.5 Å². The third kappa shape index (κ3) is 3.16. The molecule has 0 radical (unpaired) electrons. The zero-order chi connectivity index (χ0) is 19.7. The monoisotopic (exact) mass is 384 g/mol. The summed E-state index contributed by atoms with van der Waals surface area (Å²) < 4.78 is 10.5. The number of nitrogens with one attached hydrogen (secondary N) is 1. The highest BCUT2D eigenvalue weighted by molar-refractivity contribution is 6.22. The van der Waals surface area contributed by atoms with E-state index >= 15 is 0 Å². The molecule has 3 amide bonds. The standard InChI is InChI=1S/C20H21N3O5/c1-27-16-6-3-2-5-14(16)23-18(24)13-15(19(23)25)21-8-10-22(11-9-21)20(26)17-7-4-12-28-17/h2-7,12,15H,8-11,13H2,1H3/p+1/t15-/m1/s1. The number of hydrogen-bond donors (Lipinski definition) is 1. The second-order valence-electron chi connectivity index (χ2n) is 6.92. The Balaban J connectivity index is 1.44. The van der Waals surface area contributed by atoms with Gasteiger partial charge in [-0.05, 0) is 24.3 Å². The van der Waals surface area contributed by atoms with Crippen LogP contribution in [-0.4, -0.2) is 62.0 Å². The average molecular weight is 384 g/mol. The van der Waals surface area contributed by atoms with E-state index in [-0.39, 0.29) is 24.1 Å². The Hall–Kier alpha value is -3.13. The van der Waals surface area contributed by atoms with Gasteiger partial charge in [0.25, 0.3) is 11.8 Å². The van der Waals surface area contributed by atoms with Crippen molar-refractivity contribution < 1.29 is 28.4 Å². The van der Waals surface area contributed by atoms with Crippen molar-refractivity contribution in [2.24, 2.45) is 0 Å². The second kappa shape index (κ2) is 7.47. The molecule has 0 spiro atoms. The molecule has 1 aromatic heterocycles. The van der Waals surface area contributed by atoms with Gasteiger partial charge in [0, 0.05) is 0 Å². The number of rotatable bonds is 4. The lowest BCUT2D eigenvalue weighted by Crippen LogP contribution is -3.19. The van der Waals surface area contributed by atoms with Crippen molar-refractivity contribution in [2.45, 2.75) is 12.5 Å². The van der Waals surface area contributed by atoms with Crippen LogP contribution in [0.5, 0.6) is 5.75 Å². The molecule has 8 heteroatoms. The molecule has 146 valence electrons. The molecule has 0 aliphatic carbocycles. The number of benzene rings is 1. The zero-order valence-electron chi connectivity index (χ0n) is 15.6. The summed E-state index contributed by atoms with van der Waals surface area (Å²) in [7, 11) is 1.52. The lowest BCUT2D eigenvalue weighted by molar-refractivity contribution is -0.918. The number of furan rings is 1. The Morgan fingerprint density at radius 2 is 1.89 bits per heavy atom. The molecule has 3 heterocycles. The van der Waals surface area contributed by atoms with Crippen LogP contribution in [0.3, 0.4) is 0 Å². The predicted molar refractivity (Wildman–Crippen MR) is 99.2 cm³/mol. The number of methoxy groups -OCH3 is 1. The molecule has 0 bridgehead atoms. The Morgan fingerprint density at radius 1 is 1.14 bits per heavy atom. The number of carbonyl (C=O) groups is 3. The average Bonchev–Trinajstić information content (AvgIpc) is 3.36. The summed E-state index contributed by atoms with van der Waals surface area (Å²) in [4.78, 5) is 42.0. The van der Waals surface area contributed by atoms with E-state index in [9.17, 15) is 14.4 Å². The molecule has 2 aliphatic heterocycles. The SMILES string of the molecule is COc1ccccc1N1C(=O)C[C@@H]([NH+]2CCN(C(=O)c3ccco3)CC2)C1=O. The highest BCUT2D eigenvalue weighted by Crippen LogP contribution is 2.31. The molecule has 1 aromatic carbocycles. The van der Waals surface area contributed by atoms with Crippen molar-refractivity contribution in [3.63, 3.8) is 0 Å². The summed E-state index contributed by atoms with van der Waals surface area (Å²) in [5.41, 5.74) is 0.480. The van der Waals surface area contributed by atoms with Gasteiger partial charge in [-0.25, -0.2) is 4.90 Å². The van der Waals surface area contributed by atoms with Crippen LogP contribution in [0.25, 0.3) is 0 Å². The first-order valence-corrected chi connectivity index (χ1v) is 9.27. The first-order valence-electron chi connectivity index (χ1n) is 9.27. The van der Waals surface area contributed by atoms with Gasteiger partial charge in [-0.15, -0.1) is 0 Å². The lowest BCUT2D eigenvalue weighted by atomic mass is 10.1. The van der Waals surface area contributed by atoms with Gasteiger partial charge in [-0.3, -0.25) is 14.4 Å². The smallest absolute Gasteiger partial charge is 0.292 e. The van der Waals surface area contributed by atoms with Crippen LogP contribution in [0.1, 0.15) is 17.0 Å². The number of anilines is 1. The molecule has 1 atom stereocenters. The number of amides is 3. The Morgan fingerprint density at radius 3 is 2.57 bits per heavy atom. The van der Waals surface area contributed by atoms with Crippen LogP contribution < -0.4 is 14.5 Å². The molecule has 2 fully saturated rings. The van der Waals surface area contributed by atoms with Crippen LogP contribution in [0.2, 0.25) is 0 Å². The number of nitrogens with zero attached hydrogens (tertiary/aromatic N) is 2. The molecule has 2 saturated heterocycles. The van der Waals surface area contributed by atoms with E-state index in [1.54, 1.807) is 41.3 Å². The van der Waals surface area contributed by atoms with E-state index in [4.69, 9.17) is 9.15 Å². The lowest BCUT2D eigenvalue weighted by Gasteiger charge is -2.34. The maximum Gasteiger partial charge on any atom is 0.292 e. The van der Waals surface area contributed by atoms with Gasteiger partial charge < -0.3 is 19.0 Å². The van der Waals surface area contributed by atoms with Crippen molar-refractivity contribution in [1.29, 1.82) is 0 Å². The number of imide groups is 1. The van der Waals surface area contributed by atoms with E-state index in [1.807, 2.05) is 0 Å². The number of piperazine rings is 1. The fraction of sp³-hybridized carbons (Fsp3) is 0.350. The fourth-order valence-corrected chi connectivity index (χ4v) is 3.92. The minimum absolute atomic E-state index is 0.145. The van der Waals surface area contributed by atoms with Crippen molar-refractivity contribution in [3.05, 3.63) is 48.4 Å². The molecule has 0 saturated carbocycles. The van der Waals surface area contributed by atoms with Gasteiger partial charge in [-0.2, -0.15) is 0 Å². The van der Waals surface area contributed by atoms with Gasteiger partial charge >= 0.3 is 0 Å². The summed E-state index contributed by atoms with van der Waals surface area (Å²) in [5, 5.41) is 0. The van der Waals surface area contributed by atoms with Crippen molar-refractivity contribution in [1.82, 2.24) is 4.90 Å². The van der Waals surface area contributed by atoms with E-state index in [2.05, 4.69) is 0 Å². The molecule has 8 nitrogen and oxygen atoms in total. The Bertz CT molecular complexity index is 887. The van der Waals surface area contributed by atoms with Gasteiger partial charge in [0.1, 0.15) is 5.75 Å². The largest absolute Gasteiger partial charge is 0.495 e. The summed E-state index contributed by atoms with van der Waals surface area (Å²) in [6, 6.07) is 9.92. The van der Waals surface area contributed by atoms with Gasteiger partial charge in [-0.1, -0.05) is 12.1 Å². The van der Waals surface area contributed by atoms with Crippen LogP contribution in [-0.2, 0) is 9.59 Å². The van der Waals surface area contributed by atoms with E-state index < -0.39 is 6.04 Å². The van der Waals surface area contributed by atoms with E-state index in [0.717, 1.165) is 4.90 Å². The molecule has 2 aliphatic rings. The van der Waals surface area contributed by atoms with Crippen LogP contribution in [0.4, 0.5) is 5.69 Å². The van der Waals surface area contributed by atoms with E-state index in [1.165, 1.54) is 18.3 Å². The second-order valence-corrected chi connectivity index (χ2v) is 6.92. The predicted octanol–water partition coefficient (Wildman–Crippen LogP) is -0.0390. The van der Waals surface area contributed by atoms with Crippen molar-refractivity contribution in [3.8, 4) is 5.75 Å². The molecule has 2 aromatic rings. The van der Waals surface area contributed by atoms with Crippen molar-refractivity contribution in [2.75, 3.05) is 38.2 Å². The maximum atomic E-state index is 13.0. The van der Waals surface area contributed by atoms with Crippen molar-refractivity contribution >= 4 is 23.4 Å². The zero-order valence-corrected chi connectivity index (χ0v) is 15.6. The summed E-state index contributed by atoms with van der Waals surface area (Å²) in [6.45, 7) is 2.24. The fourth-order valence-electron chi connectivity index (χ4n) is 3.92. The molecule has 0 unspecified atom stereocenters. The number of carbonyl (C=O) groups excluding carboxylic acids is 3. The number of hydrogen-bond acceptors (Lipinski definition) is 5. The Labute approximate surface area is 162 Å². The minimum Gasteiger partial charge on any atom is -0.495 e. The van der Waals surface area contributed by atoms with Gasteiger partial charge in [0.05, 0.1) is 51.7 Å². The van der Waals surface area contributed by atoms with E-state index in [0.29, 0.717) is 43.4 Å². The van der Waals surface area contributed by atoms with Crippen LogP contribution in [0, 0.1) is 0 Å². The Kier molecular flexibility index (Phi) is 4.87. The molecule has 4 rings (SSSR count). The first-order chi connectivity index (χ1) is 13.6. The highest BCUT2D eigenvalue weighted by atomic mass is 16.5. The molecule has 1 N–H and O–H groups in total. The first kappa shape index (κ1) is 18.2. The third-order valence-electron chi connectivity index (χ3n) is 5.39. The number of ether oxygens (including phenoxy) is 1. The summed E-state index contributed by atoms with van der Waals surface area (Å²) in [5.74, 6) is 0.233. The number of para-hydroxylation sites is 2. The normalized spacial score (nSPS) is 20.7. The summed E-state index contributed by atoms with van der Waals surface area (Å²) >= 11 is 0. The van der Waals surface area contributed by atoms with Crippen LogP contribution >= 0.6 is 0 Å². The quantitative estimate of drug-likeness (QED) is 0.748.